The van der Waals surface area contributed by atoms with Crippen LogP contribution in [0.4, 0.5) is 19.3 Å². The number of pyridine rings is 1. The van der Waals surface area contributed by atoms with Crippen LogP contribution in [0, 0.1) is 18.6 Å². The van der Waals surface area contributed by atoms with Gasteiger partial charge in [0.25, 0.3) is 0 Å². The summed E-state index contributed by atoms with van der Waals surface area (Å²) in [7, 11) is 0. The van der Waals surface area contributed by atoms with Gasteiger partial charge in [0.15, 0.2) is 17.3 Å². The zero-order valence-electron chi connectivity index (χ0n) is 19.8. The number of benzene rings is 1. The average molecular weight is 490 g/mol. The van der Waals surface area contributed by atoms with Crippen LogP contribution in [-0.4, -0.2) is 46.5 Å². The number of aryl methyl sites for hydroxylation is 1. The Labute approximate surface area is 201 Å². The number of hydrogen-bond acceptors (Lipinski definition) is 5. The third-order valence-corrected chi connectivity index (χ3v) is 6.85. The first kappa shape index (κ1) is 25.0. The highest BCUT2D eigenvalue weighted by atomic mass is 19.2. The number of carbonyl (C=O) groups is 2. The van der Waals surface area contributed by atoms with Gasteiger partial charge in [0, 0.05) is 19.1 Å². The molecule has 1 aromatic heterocycles. The van der Waals surface area contributed by atoms with Crippen molar-refractivity contribution in [3.63, 3.8) is 0 Å². The number of nitrogens with zero attached hydrogens (tertiary/aromatic N) is 1. The number of rotatable bonds is 4. The molecule has 2 aromatic rings. The molecule has 8 nitrogen and oxygen atoms in total. The monoisotopic (exact) mass is 489 g/mol. The number of aromatic nitrogens is 1. The van der Waals surface area contributed by atoms with E-state index in [9.17, 15) is 28.6 Å². The summed E-state index contributed by atoms with van der Waals surface area (Å²) in [5, 5.41) is 25.7. The normalized spacial score (nSPS) is 21.8. The minimum absolute atomic E-state index is 0.0891. The molecule has 1 aromatic carbocycles. The second kappa shape index (κ2) is 9.50. The highest BCUT2D eigenvalue weighted by Crippen LogP contribution is 2.42. The molecular formula is C25H29F2N3O5. The molecule has 4 N–H and O–H groups in total. The Bertz CT molecular complexity index is 1160. The Morgan fingerprint density at radius 1 is 1.14 bits per heavy atom. The van der Waals surface area contributed by atoms with Crippen molar-refractivity contribution in [3.05, 3.63) is 57.9 Å². The van der Waals surface area contributed by atoms with E-state index in [1.165, 1.54) is 0 Å². The molecule has 2 aliphatic rings. The van der Waals surface area contributed by atoms with Crippen LogP contribution in [0.3, 0.4) is 0 Å². The molecular weight excluding hydrogens is 460 g/mol. The fourth-order valence-electron chi connectivity index (χ4n) is 5.06. The van der Waals surface area contributed by atoms with E-state index < -0.39 is 41.2 Å². The molecule has 0 radical (unpaired) electrons. The first-order chi connectivity index (χ1) is 16.5. The molecule has 2 atom stereocenters. The summed E-state index contributed by atoms with van der Waals surface area (Å²) < 4.78 is 33.5. The first-order valence-electron chi connectivity index (χ1n) is 11.6. The highest BCUT2D eigenvalue weighted by molar-refractivity contribution is 5.92. The number of ether oxygens (including phenoxy) is 1. The molecule has 0 saturated carbocycles. The van der Waals surface area contributed by atoms with Crippen molar-refractivity contribution in [1.29, 1.82) is 0 Å². The number of carboxylic acid groups (broad SMARTS) is 1. The summed E-state index contributed by atoms with van der Waals surface area (Å²) in [6.45, 7) is 6.23. The third-order valence-electron chi connectivity index (χ3n) is 6.85. The van der Waals surface area contributed by atoms with Crippen molar-refractivity contribution in [2.45, 2.75) is 63.5 Å². The van der Waals surface area contributed by atoms with Crippen LogP contribution in [0.2, 0.25) is 0 Å². The van der Waals surface area contributed by atoms with Crippen LogP contribution < -0.4 is 10.6 Å². The van der Waals surface area contributed by atoms with Crippen molar-refractivity contribution < 1.29 is 33.3 Å². The van der Waals surface area contributed by atoms with E-state index >= 15 is 0 Å². The van der Waals surface area contributed by atoms with Gasteiger partial charge in [-0.05, 0) is 66.5 Å². The highest BCUT2D eigenvalue weighted by Gasteiger charge is 2.40. The van der Waals surface area contributed by atoms with Gasteiger partial charge < -0.3 is 25.6 Å². The number of urea groups is 1. The van der Waals surface area contributed by atoms with E-state index in [1.807, 2.05) is 13.8 Å². The van der Waals surface area contributed by atoms with Crippen LogP contribution >= 0.6 is 0 Å². The molecule has 1 saturated heterocycles. The topological polar surface area (TPSA) is 121 Å². The minimum Gasteiger partial charge on any atom is -0.477 e. The lowest BCUT2D eigenvalue weighted by molar-refractivity contribution is 0.0687. The van der Waals surface area contributed by atoms with E-state index in [-0.39, 0.29) is 18.0 Å². The molecule has 2 heterocycles. The fraction of sp³-hybridized carbons (Fsp3) is 0.480. The lowest BCUT2D eigenvalue weighted by Crippen LogP contribution is -2.45. The largest absolute Gasteiger partial charge is 0.477 e. The summed E-state index contributed by atoms with van der Waals surface area (Å²) in [6.07, 6.45) is 0.453. The van der Waals surface area contributed by atoms with Crippen LogP contribution in [0.15, 0.2) is 18.2 Å². The van der Waals surface area contributed by atoms with Gasteiger partial charge in [-0.25, -0.2) is 23.4 Å². The van der Waals surface area contributed by atoms with Crippen LogP contribution in [-0.2, 0) is 10.2 Å². The van der Waals surface area contributed by atoms with Crippen molar-refractivity contribution in [2.75, 3.05) is 18.5 Å². The molecule has 0 bridgehead atoms. The van der Waals surface area contributed by atoms with Gasteiger partial charge in [-0.3, -0.25) is 0 Å². The maximum absolute atomic E-state index is 14.1. The van der Waals surface area contributed by atoms with Gasteiger partial charge in [0.1, 0.15) is 0 Å². The molecule has 1 aliphatic heterocycles. The number of halogens is 2. The van der Waals surface area contributed by atoms with Crippen LogP contribution in [0.25, 0.3) is 0 Å². The molecule has 35 heavy (non-hydrogen) atoms. The molecule has 10 heteroatoms. The Morgan fingerprint density at radius 2 is 1.80 bits per heavy atom. The van der Waals surface area contributed by atoms with Gasteiger partial charge in [-0.1, -0.05) is 13.8 Å². The average Bonchev–Trinajstić information content (AvgIpc) is 2.78. The minimum atomic E-state index is -1.16. The number of fused-ring (bicyclic) bond motifs is 1. The quantitative estimate of drug-likeness (QED) is 0.512. The predicted molar refractivity (Wildman–Crippen MR) is 124 cm³/mol. The molecule has 4 rings (SSSR count). The number of amides is 2. The number of aliphatic hydroxyl groups excluding tert-OH is 1. The Kier molecular flexibility index (Phi) is 6.79. The molecule has 188 valence electrons. The number of aromatic carboxylic acids is 1. The number of aliphatic hydroxyl groups is 1. The van der Waals surface area contributed by atoms with E-state index in [0.29, 0.717) is 54.1 Å². The number of hydrogen-bond donors (Lipinski definition) is 4. The Hall–Kier alpha value is -3.11. The smallest absolute Gasteiger partial charge is 0.354 e. The summed E-state index contributed by atoms with van der Waals surface area (Å²) in [5.41, 5.74) is 1.29. The second-order valence-electron chi connectivity index (χ2n) is 9.86. The Morgan fingerprint density at radius 3 is 2.46 bits per heavy atom. The van der Waals surface area contributed by atoms with E-state index in [2.05, 4.69) is 15.6 Å². The van der Waals surface area contributed by atoms with Crippen molar-refractivity contribution in [2.24, 2.45) is 0 Å². The predicted octanol–water partition coefficient (Wildman–Crippen LogP) is 4.17. The van der Waals surface area contributed by atoms with Crippen molar-refractivity contribution >= 4 is 17.7 Å². The summed E-state index contributed by atoms with van der Waals surface area (Å²) >= 11 is 0. The van der Waals surface area contributed by atoms with Crippen molar-refractivity contribution in [1.82, 2.24) is 10.3 Å². The molecule has 1 unspecified atom stereocenters. The molecule has 0 spiro atoms. The summed E-state index contributed by atoms with van der Waals surface area (Å²) in [6, 6.07) is 2.05. The van der Waals surface area contributed by atoms with E-state index in [1.54, 1.807) is 13.0 Å². The van der Waals surface area contributed by atoms with Gasteiger partial charge in [0.2, 0.25) is 0 Å². The SMILES string of the molecule is Cc1cc(NC(=O)NC2c3cc(F)c(F)cc3C(C)(C)C[C@H]2O)c(C2CCOCC2)nc1C(=O)O. The van der Waals surface area contributed by atoms with Gasteiger partial charge in [-0.15, -0.1) is 0 Å². The van der Waals surface area contributed by atoms with E-state index in [4.69, 9.17) is 4.74 Å². The molecule has 1 fully saturated rings. The summed E-state index contributed by atoms with van der Waals surface area (Å²) in [4.78, 5) is 29.0. The van der Waals surface area contributed by atoms with Gasteiger partial charge in [0.05, 0.1) is 23.5 Å². The number of carbonyl (C=O) groups excluding carboxylic acids is 1. The van der Waals surface area contributed by atoms with Crippen molar-refractivity contribution in [3.8, 4) is 0 Å². The fourth-order valence-corrected chi connectivity index (χ4v) is 5.06. The zero-order chi connectivity index (χ0) is 25.5. The number of anilines is 1. The molecule has 2 amide bonds. The lowest BCUT2D eigenvalue weighted by atomic mass is 9.69. The van der Waals surface area contributed by atoms with Crippen LogP contribution in [0.5, 0.6) is 0 Å². The number of nitrogens with one attached hydrogen (secondary N) is 2. The second-order valence-corrected chi connectivity index (χ2v) is 9.86. The maximum Gasteiger partial charge on any atom is 0.354 e. The zero-order valence-corrected chi connectivity index (χ0v) is 19.8. The first-order valence-corrected chi connectivity index (χ1v) is 11.6. The maximum atomic E-state index is 14.1. The Balaban J connectivity index is 1.64. The molecule has 1 aliphatic carbocycles. The summed E-state index contributed by atoms with van der Waals surface area (Å²) in [5.74, 6) is -3.31. The van der Waals surface area contributed by atoms with Crippen LogP contribution in [0.1, 0.15) is 77.9 Å². The third kappa shape index (κ3) is 4.99. The lowest BCUT2D eigenvalue weighted by Gasteiger charge is -2.40. The van der Waals surface area contributed by atoms with Gasteiger partial charge in [-0.2, -0.15) is 0 Å². The standard InChI is InChI=1S/C25H29F2N3O5/c1-12-8-18(21(29-20(12)23(32)33)13-4-6-35-7-5-13)28-24(34)30-22-14-9-16(26)17(27)10-15(14)25(2,3)11-19(22)31/h8-10,13,19,22,31H,4-7,11H2,1-3H3,(H,32,33)(H2,28,30,34)/t19-,22?/m1/s1. The van der Waals surface area contributed by atoms with Gasteiger partial charge >= 0.3 is 12.0 Å². The van der Waals surface area contributed by atoms with E-state index in [0.717, 1.165) is 12.1 Å². The number of carboxylic acids is 1.